The second kappa shape index (κ2) is 7.14. The van der Waals surface area contributed by atoms with Crippen LogP contribution in [0.1, 0.15) is 74.2 Å². The van der Waals surface area contributed by atoms with Gasteiger partial charge in [-0.2, -0.15) is 0 Å². The van der Waals surface area contributed by atoms with Gasteiger partial charge >= 0.3 is 0 Å². The Balaban J connectivity index is 2.36. The van der Waals surface area contributed by atoms with E-state index in [2.05, 4.69) is 73.8 Å². The summed E-state index contributed by atoms with van der Waals surface area (Å²) in [4.78, 5) is 1.24. The second-order valence-electron chi connectivity index (χ2n) is 5.99. The van der Waals surface area contributed by atoms with E-state index >= 15 is 0 Å². The van der Waals surface area contributed by atoms with Gasteiger partial charge in [-0.15, -0.1) is 5.10 Å². The Labute approximate surface area is 132 Å². The molecule has 0 aliphatic carbocycles. The maximum absolute atomic E-state index is 4.32. The summed E-state index contributed by atoms with van der Waals surface area (Å²) in [7, 11) is 0. The van der Waals surface area contributed by atoms with Gasteiger partial charge in [-0.1, -0.05) is 63.4 Å². The lowest BCUT2D eigenvalue weighted by Crippen LogP contribution is -2.22. The van der Waals surface area contributed by atoms with Crippen molar-refractivity contribution < 1.29 is 0 Å². The van der Waals surface area contributed by atoms with E-state index < -0.39 is 0 Å². The molecule has 0 saturated carbocycles. The monoisotopic (exact) mass is 303 g/mol. The summed E-state index contributed by atoms with van der Waals surface area (Å²) in [5.41, 5.74) is 3.77. The number of benzene rings is 1. The number of rotatable bonds is 6. The second-order valence-corrected chi connectivity index (χ2v) is 6.77. The van der Waals surface area contributed by atoms with Gasteiger partial charge in [0.15, 0.2) is 0 Å². The van der Waals surface area contributed by atoms with Crippen molar-refractivity contribution in [2.24, 2.45) is 0 Å². The van der Waals surface area contributed by atoms with E-state index in [1.165, 1.54) is 27.5 Å². The van der Waals surface area contributed by atoms with Crippen LogP contribution >= 0.6 is 11.5 Å². The Morgan fingerprint density at radius 3 is 2.14 bits per heavy atom. The standard InChI is InChI=1S/C17H25N3S/c1-6-18-16(17-15(12(4)5)19-20-21-17)14-9-7-13(8-10-14)11(2)3/h7-12,16,18H,6H2,1-5H3. The summed E-state index contributed by atoms with van der Waals surface area (Å²) in [5.74, 6) is 0.961. The average Bonchev–Trinajstić information content (AvgIpc) is 2.94. The van der Waals surface area contributed by atoms with Crippen molar-refractivity contribution in [3.63, 3.8) is 0 Å². The summed E-state index contributed by atoms with van der Waals surface area (Å²) >= 11 is 1.51. The summed E-state index contributed by atoms with van der Waals surface area (Å²) in [6.45, 7) is 11.8. The van der Waals surface area contributed by atoms with Gasteiger partial charge in [0.25, 0.3) is 0 Å². The summed E-state index contributed by atoms with van der Waals surface area (Å²) < 4.78 is 4.17. The minimum absolute atomic E-state index is 0.189. The number of nitrogens with zero attached hydrogens (tertiary/aromatic N) is 2. The lowest BCUT2D eigenvalue weighted by molar-refractivity contribution is 0.625. The molecule has 0 aliphatic heterocycles. The van der Waals surface area contributed by atoms with Crippen molar-refractivity contribution in [3.05, 3.63) is 46.0 Å². The minimum Gasteiger partial charge on any atom is -0.306 e. The first kappa shape index (κ1) is 16.1. The molecule has 21 heavy (non-hydrogen) atoms. The van der Waals surface area contributed by atoms with Crippen molar-refractivity contribution in [2.75, 3.05) is 6.54 Å². The Morgan fingerprint density at radius 2 is 1.62 bits per heavy atom. The van der Waals surface area contributed by atoms with Crippen LogP contribution in [0, 0.1) is 0 Å². The van der Waals surface area contributed by atoms with Crippen LogP contribution in [0.2, 0.25) is 0 Å². The largest absolute Gasteiger partial charge is 0.306 e. The van der Waals surface area contributed by atoms with E-state index in [0.29, 0.717) is 11.8 Å². The van der Waals surface area contributed by atoms with Crippen LogP contribution in [0.25, 0.3) is 0 Å². The normalized spacial score (nSPS) is 13.1. The van der Waals surface area contributed by atoms with E-state index in [4.69, 9.17) is 0 Å². The van der Waals surface area contributed by atoms with Gasteiger partial charge in [-0.25, -0.2) is 0 Å². The van der Waals surface area contributed by atoms with Crippen LogP contribution in [0.3, 0.4) is 0 Å². The molecule has 0 fully saturated rings. The molecule has 0 bridgehead atoms. The van der Waals surface area contributed by atoms with Gasteiger partial charge in [-0.3, -0.25) is 0 Å². The van der Waals surface area contributed by atoms with E-state index in [1.807, 2.05) is 0 Å². The average molecular weight is 303 g/mol. The lowest BCUT2D eigenvalue weighted by atomic mass is 9.96. The predicted molar refractivity (Wildman–Crippen MR) is 90.0 cm³/mol. The van der Waals surface area contributed by atoms with E-state index in [0.717, 1.165) is 12.2 Å². The maximum atomic E-state index is 4.32. The quantitative estimate of drug-likeness (QED) is 0.854. The number of hydrogen-bond donors (Lipinski definition) is 1. The number of nitrogens with one attached hydrogen (secondary N) is 1. The highest BCUT2D eigenvalue weighted by Crippen LogP contribution is 2.31. The first-order chi connectivity index (χ1) is 10.0. The molecule has 4 heteroatoms. The smallest absolute Gasteiger partial charge is 0.0832 e. The van der Waals surface area contributed by atoms with Gasteiger partial charge in [0, 0.05) is 0 Å². The molecule has 0 spiro atoms. The third kappa shape index (κ3) is 3.69. The topological polar surface area (TPSA) is 37.8 Å². The molecule has 1 N–H and O–H groups in total. The predicted octanol–water partition coefficient (Wildman–Crippen LogP) is 4.48. The van der Waals surface area contributed by atoms with E-state index in [-0.39, 0.29) is 6.04 Å². The molecule has 1 aromatic heterocycles. The molecule has 114 valence electrons. The molecule has 1 atom stereocenters. The molecule has 0 aliphatic rings. The van der Waals surface area contributed by atoms with Gasteiger partial charge in [0.2, 0.25) is 0 Å². The van der Waals surface area contributed by atoms with Crippen LogP contribution < -0.4 is 5.32 Å². The van der Waals surface area contributed by atoms with Crippen LogP contribution in [0.4, 0.5) is 0 Å². The van der Waals surface area contributed by atoms with Gasteiger partial charge in [0.1, 0.15) is 0 Å². The van der Waals surface area contributed by atoms with Crippen molar-refractivity contribution >= 4 is 11.5 Å². The highest BCUT2D eigenvalue weighted by Gasteiger charge is 2.22. The lowest BCUT2D eigenvalue weighted by Gasteiger charge is -2.19. The van der Waals surface area contributed by atoms with Crippen LogP contribution in [0.5, 0.6) is 0 Å². The fourth-order valence-corrected chi connectivity index (χ4v) is 3.36. The van der Waals surface area contributed by atoms with Crippen LogP contribution in [-0.2, 0) is 0 Å². The molecule has 1 heterocycles. The zero-order valence-corrected chi connectivity index (χ0v) is 14.4. The molecule has 2 aromatic rings. The molecule has 0 radical (unpaired) electrons. The van der Waals surface area contributed by atoms with Gasteiger partial charge < -0.3 is 5.32 Å². The molecule has 1 unspecified atom stereocenters. The first-order valence-electron chi connectivity index (χ1n) is 7.70. The van der Waals surface area contributed by atoms with E-state index in [9.17, 15) is 0 Å². The molecular weight excluding hydrogens is 278 g/mol. The van der Waals surface area contributed by atoms with E-state index in [1.54, 1.807) is 0 Å². The first-order valence-corrected chi connectivity index (χ1v) is 8.47. The highest BCUT2D eigenvalue weighted by molar-refractivity contribution is 7.05. The Bertz CT molecular complexity index is 558. The maximum Gasteiger partial charge on any atom is 0.0832 e. The third-order valence-corrected chi connectivity index (χ3v) is 4.50. The third-order valence-electron chi connectivity index (χ3n) is 3.69. The van der Waals surface area contributed by atoms with Crippen molar-refractivity contribution in [3.8, 4) is 0 Å². The fourth-order valence-electron chi connectivity index (χ4n) is 2.44. The zero-order chi connectivity index (χ0) is 15.4. The van der Waals surface area contributed by atoms with Crippen LogP contribution in [0.15, 0.2) is 24.3 Å². The summed E-state index contributed by atoms with van der Waals surface area (Å²) in [6.07, 6.45) is 0. The SMILES string of the molecule is CCNC(c1ccc(C(C)C)cc1)c1snnc1C(C)C. The number of hydrogen-bond acceptors (Lipinski definition) is 4. The van der Waals surface area contributed by atoms with Crippen LogP contribution in [-0.4, -0.2) is 16.1 Å². The molecule has 0 saturated heterocycles. The summed E-state index contributed by atoms with van der Waals surface area (Å²) in [6, 6.07) is 9.11. The molecular formula is C17H25N3S. The number of aromatic nitrogens is 2. The molecule has 3 nitrogen and oxygen atoms in total. The molecule has 1 aromatic carbocycles. The fraction of sp³-hybridized carbons (Fsp3) is 0.529. The minimum atomic E-state index is 0.189. The van der Waals surface area contributed by atoms with Gasteiger partial charge in [-0.05, 0) is 41.0 Å². The zero-order valence-electron chi connectivity index (χ0n) is 13.6. The molecule has 2 rings (SSSR count). The highest BCUT2D eigenvalue weighted by atomic mass is 32.1. The van der Waals surface area contributed by atoms with Crippen molar-refractivity contribution in [1.82, 2.24) is 14.9 Å². The Kier molecular flexibility index (Phi) is 5.48. The molecule has 0 amide bonds. The van der Waals surface area contributed by atoms with Gasteiger partial charge in [0.05, 0.1) is 16.6 Å². The Hall–Kier alpha value is -1.26. The van der Waals surface area contributed by atoms with Crippen molar-refractivity contribution in [2.45, 2.75) is 52.5 Å². The Morgan fingerprint density at radius 1 is 1.00 bits per heavy atom. The van der Waals surface area contributed by atoms with Crippen molar-refractivity contribution in [1.29, 1.82) is 0 Å². The summed E-state index contributed by atoms with van der Waals surface area (Å²) in [5, 5.41) is 7.89.